The molecule has 0 aliphatic carbocycles. The molecule has 3 aromatic rings. The number of nitrogens with one attached hydrogen (secondary N) is 1. The molecule has 0 aliphatic heterocycles. The highest BCUT2D eigenvalue weighted by Gasteiger charge is 2.18. The number of benzene rings is 3. The molecule has 0 atom stereocenters. The molecule has 3 aromatic carbocycles. The Morgan fingerprint density at radius 1 is 0.971 bits per heavy atom. The summed E-state index contributed by atoms with van der Waals surface area (Å²) in [7, 11) is 2.98. The van der Waals surface area contributed by atoms with Crippen LogP contribution in [0.3, 0.4) is 0 Å². The molecule has 0 saturated carbocycles. The van der Waals surface area contributed by atoms with Crippen molar-refractivity contribution in [1.82, 2.24) is 0 Å². The summed E-state index contributed by atoms with van der Waals surface area (Å²) in [4.78, 5) is 25.2. The Balaban J connectivity index is 1.83. The number of anilines is 1. The van der Waals surface area contributed by atoms with E-state index in [1.807, 2.05) is 40.8 Å². The second kappa shape index (κ2) is 11.8. The lowest BCUT2D eigenvalue weighted by Crippen LogP contribution is -2.13. The Hall–Kier alpha value is -3.11. The molecule has 0 fully saturated rings. The molecule has 7 nitrogen and oxygen atoms in total. The largest absolute Gasteiger partial charge is 0.497 e. The molecule has 0 aliphatic rings. The van der Waals surface area contributed by atoms with Crippen molar-refractivity contribution in [1.29, 1.82) is 5.26 Å². The molecular weight excluding hydrogens is 662 g/mol. The SMILES string of the molecule is COc1ccc(C(=O)Oc2c(I)cc(/C=C(\C#N)C(=O)Nc3ccc(I)cc3)cc2OC)cc1. The molecular formula is C25H18I2N2O5. The summed E-state index contributed by atoms with van der Waals surface area (Å²) in [6, 6.07) is 19.0. The normalized spacial score (nSPS) is 10.7. The van der Waals surface area contributed by atoms with Gasteiger partial charge in [0.2, 0.25) is 0 Å². The van der Waals surface area contributed by atoms with Crippen LogP contribution in [0.15, 0.2) is 66.2 Å². The number of hydrogen-bond acceptors (Lipinski definition) is 6. The lowest BCUT2D eigenvalue weighted by molar-refractivity contribution is -0.112. The van der Waals surface area contributed by atoms with Gasteiger partial charge in [0.15, 0.2) is 11.5 Å². The minimum atomic E-state index is -0.559. The van der Waals surface area contributed by atoms with E-state index in [9.17, 15) is 14.9 Å². The van der Waals surface area contributed by atoms with E-state index in [1.165, 1.54) is 13.2 Å². The predicted molar refractivity (Wildman–Crippen MR) is 145 cm³/mol. The standard InChI is InChI=1S/C25H18I2N2O5/c1-32-20-9-3-16(4-10-20)25(31)34-23-21(27)12-15(13-22(23)33-2)11-17(14-28)24(30)29-19-7-5-18(26)6-8-19/h3-13H,1-2H3,(H,29,30)/b17-11+. The molecule has 9 heteroatoms. The zero-order valence-electron chi connectivity index (χ0n) is 18.1. The van der Waals surface area contributed by atoms with E-state index in [0.29, 0.717) is 26.1 Å². The number of hydrogen-bond donors (Lipinski definition) is 1. The highest BCUT2D eigenvalue weighted by atomic mass is 127. The van der Waals surface area contributed by atoms with Gasteiger partial charge in [0.25, 0.3) is 5.91 Å². The molecule has 0 aromatic heterocycles. The second-order valence-electron chi connectivity index (χ2n) is 6.78. The van der Waals surface area contributed by atoms with E-state index < -0.39 is 11.9 Å². The lowest BCUT2D eigenvalue weighted by atomic mass is 10.1. The number of halogens is 2. The number of methoxy groups -OCH3 is 2. The third-order valence-corrected chi connectivity index (χ3v) is 6.07. The topological polar surface area (TPSA) is 97.7 Å². The molecule has 34 heavy (non-hydrogen) atoms. The number of nitriles is 1. The minimum Gasteiger partial charge on any atom is -0.497 e. The molecule has 0 radical (unpaired) electrons. The molecule has 0 unspecified atom stereocenters. The van der Waals surface area contributed by atoms with Crippen molar-refractivity contribution < 1.29 is 23.8 Å². The fourth-order valence-corrected chi connectivity index (χ4v) is 3.94. The second-order valence-corrected chi connectivity index (χ2v) is 9.19. The number of carbonyl (C=O) groups is 2. The van der Waals surface area contributed by atoms with Gasteiger partial charge >= 0.3 is 5.97 Å². The van der Waals surface area contributed by atoms with Crippen LogP contribution in [0.5, 0.6) is 17.2 Å². The third kappa shape index (κ3) is 6.48. The molecule has 0 heterocycles. The number of ether oxygens (including phenoxy) is 3. The fourth-order valence-electron chi connectivity index (χ4n) is 2.85. The van der Waals surface area contributed by atoms with Crippen LogP contribution in [0, 0.1) is 18.5 Å². The van der Waals surface area contributed by atoms with Gasteiger partial charge in [-0.3, -0.25) is 4.79 Å². The Morgan fingerprint density at radius 3 is 2.24 bits per heavy atom. The van der Waals surface area contributed by atoms with E-state index in [0.717, 1.165) is 3.57 Å². The first kappa shape index (κ1) is 25.5. The average molecular weight is 680 g/mol. The van der Waals surface area contributed by atoms with E-state index in [1.54, 1.807) is 55.6 Å². The van der Waals surface area contributed by atoms with Crippen molar-refractivity contribution in [2.24, 2.45) is 0 Å². The number of nitrogens with zero attached hydrogens (tertiary/aromatic N) is 1. The minimum absolute atomic E-state index is 0.0839. The Morgan fingerprint density at radius 2 is 1.65 bits per heavy atom. The van der Waals surface area contributed by atoms with Gasteiger partial charge in [0.05, 0.1) is 23.4 Å². The maximum absolute atomic E-state index is 12.6. The third-order valence-electron chi connectivity index (χ3n) is 4.55. The molecule has 0 bridgehead atoms. The van der Waals surface area contributed by atoms with Crippen LogP contribution in [-0.2, 0) is 4.79 Å². The maximum atomic E-state index is 12.6. The summed E-state index contributed by atoms with van der Waals surface area (Å²) in [5, 5.41) is 12.2. The van der Waals surface area contributed by atoms with E-state index in [-0.39, 0.29) is 17.1 Å². The first-order chi connectivity index (χ1) is 16.3. The fraction of sp³-hybridized carbons (Fsp3) is 0.0800. The predicted octanol–water partition coefficient (Wildman–Crippen LogP) is 5.68. The van der Waals surface area contributed by atoms with Crippen LogP contribution in [0.1, 0.15) is 15.9 Å². The maximum Gasteiger partial charge on any atom is 0.343 e. The summed E-state index contributed by atoms with van der Waals surface area (Å²) >= 11 is 4.17. The van der Waals surface area contributed by atoms with Crippen LogP contribution in [0.4, 0.5) is 5.69 Å². The average Bonchev–Trinajstić information content (AvgIpc) is 2.85. The van der Waals surface area contributed by atoms with E-state index in [4.69, 9.17) is 14.2 Å². The summed E-state index contributed by atoms with van der Waals surface area (Å²) < 4.78 is 17.7. The Labute approximate surface area is 224 Å². The van der Waals surface area contributed by atoms with Gasteiger partial charge in [0.1, 0.15) is 17.4 Å². The molecule has 1 N–H and O–H groups in total. The van der Waals surface area contributed by atoms with Crippen LogP contribution < -0.4 is 19.5 Å². The molecule has 1 amide bonds. The smallest absolute Gasteiger partial charge is 0.343 e. The number of amides is 1. The van der Waals surface area contributed by atoms with Gasteiger partial charge in [-0.05, 0) is 117 Å². The lowest BCUT2D eigenvalue weighted by Gasteiger charge is -2.13. The van der Waals surface area contributed by atoms with Gasteiger partial charge < -0.3 is 19.5 Å². The van der Waals surface area contributed by atoms with Crippen LogP contribution in [0.2, 0.25) is 0 Å². The zero-order valence-corrected chi connectivity index (χ0v) is 22.4. The summed E-state index contributed by atoms with van der Waals surface area (Å²) in [6.07, 6.45) is 1.45. The van der Waals surface area contributed by atoms with Crippen molar-refractivity contribution in [2.45, 2.75) is 0 Å². The summed E-state index contributed by atoms with van der Waals surface area (Å²) in [5.74, 6) is 0.0573. The summed E-state index contributed by atoms with van der Waals surface area (Å²) in [6.45, 7) is 0. The molecule has 0 spiro atoms. The van der Waals surface area contributed by atoms with Gasteiger partial charge in [-0.1, -0.05) is 0 Å². The number of rotatable bonds is 7. The first-order valence-corrected chi connectivity index (χ1v) is 11.9. The van der Waals surface area contributed by atoms with Gasteiger partial charge in [-0.2, -0.15) is 5.26 Å². The van der Waals surface area contributed by atoms with Crippen molar-refractivity contribution >= 4 is 68.8 Å². The Kier molecular flexibility index (Phi) is 8.89. The van der Waals surface area contributed by atoms with Gasteiger partial charge in [-0.25, -0.2) is 4.79 Å². The molecule has 3 rings (SSSR count). The molecule has 0 saturated heterocycles. The van der Waals surface area contributed by atoms with E-state index in [2.05, 4.69) is 27.9 Å². The molecule has 172 valence electrons. The Bertz CT molecular complexity index is 1280. The van der Waals surface area contributed by atoms with E-state index >= 15 is 0 Å². The zero-order chi connectivity index (χ0) is 24.7. The first-order valence-electron chi connectivity index (χ1n) is 9.77. The van der Waals surface area contributed by atoms with Crippen LogP contribution in [0.25, 0.3) is 6.08 Å². The monoisotopic (exact) mass is 680 g/mol. The van der Waals surface area contributed by atoms with Crippen molar-refractivity contribution in [2.75, 3.05) is 19.5 Å². The number of esters is 1. The van der Waals surface area contributed by atoms with Crippen molar-refractivity contribution in [3.8, 4) is 23.3 Å². The van der Waals surface area contributed by atoms with Crippen LogP contribution >= 0.6 is 45.2 Å². The quantitative estimate of drug-likeness (QED) is 0.114. The van der Waals surface area contributed by atoms with Gasteiger partial charge in [0, 0.05) is 9.26 Å². The van der Waals surface area contributed by atoms with Crippen molar-refractivity contribution in [3.63, 3.8) is 0 Å². The van der Waals surface area contributed by atoms with Crippen LogP contribution in [-0.4, -0.2) is 26.1 Å². The summed E-state index contributed by atoms with van der Waals surface area (Å²) in [5.41, 5.74) is 1.39. The van der Waals surface area contributed by atoms with Crippen molar-refractivity contribution in [3.05, 3.63) is 84.5 Å². The highest BCUT2D eigenvalue weighted by Crippen LogP contribution is 2.35. The number of carbonyl (C=O) groups excluding carboxylic acids is 2. The highest BCUT2D eigenvalue weighted by molar-refractivity contribution is 14.1. The van der Waals surface area contributed by atoms with Gasteiger partial charge in [-0.15, -0.1) is 0 Å².